The van der Waals surface area contributed by atoms with E-state index in [0.29, 0.717) is 5.56 Å². The van der Waals surface area contributed by atoms with Crippen LogP contribution in [0.2, 0.25) is 0 Å². The summed E-state index contributed by atoms with van der Waals surface area (Å²) in [5.74, 6) is -0.230. The van der Waals surface area contributed by atoms with E-state index in [1.807, 2.05) is 24.3 Å². The molecular weight excluding hydrogens is 239 g/mol. The number of rotatable bonds is 5. The highest BCUT2D eigenvalue weighted by atomic mass is 19.1. The molecule has 0 unspecified atom stereocenters. The van der Waals surface area contributed by atoms with Crippen molar-refractivity contribution in [3.63, 3.8) is 0 Å². The van der Waals surface area contributed by atoms with E-state index in [-0.39, 0.29) is 12.4 Å². The third-order valence-corrected chi connectivity index (χ3v) is 3.22. The predicted octanol–water partition coefficient (Wildman–Crippen LogP) is 3.31. The van der Waals surface area contributed by atoms with Crippen molar-refractivity contribution < 1.29 is 4.39 Å². The van der Waals surface area contributed by atoms with Gasteiger partial charge in [-0.1, -0.05) is 36.4 Å². The van der Waals surface area contributed by atoms with Crippen LogP contribution in [0.3, 0.4) is 0 Å². The van der Waals surface area contributed by atoms with E-state index < -0.39 is 0 Å². The van der Waals surface area contributed by atoms with Gasteiger partial charge in [-0.2, -0.15) is 0 Å². The fraction of sp³-hybridized carbons (Fsp3) is 0.250. The number of benzene rings is 2. The average molecular weight is 258 g/mol. The van der Waals surface area contributed by atoms with Gasteiger partial charge in [0, 0.05) is 30.9 Å². The van der Waals surface area contributed by atoms with Crippen LogP contribution in [-0.2, 0) is 13.1 Å². The smallest absolute Gasteiger partial charge is 0.129 e. The summed E-state index contributed by atoms with van der Waals surface area (Å²) in [5, 5.41) is 0. The Hall–Kier alpha value is -1.87. The van der Waals surface area contributed by atoms with Gasteiger partial charge in [0.1, 0.15) is 5.82 Å². The third kappa shape index (κ3) is 3.32. The topological polar surface area (TPSA) is 29.3 Å². The second-order valence-electron chi connectivity index (χ2n) is 4.48. The van der Waals surface area contributed by atoms with E-state index in [4.69, 9.17) is 5.73 Å². The van der Waals surface area contributed by atoms with Gasteiger partial charge in [0.2, 0.25) is 0 Å². The first-order valence-corrected chi connectivity index (χ1v) is 6.52. The maximum atomic E-state index is 13.8. The van der Waals surface area contributed by atoms with Crippen LogP contribution >= 0.6 is 0 Å². The maximum Gasteiger partial charge on any atom is 0.129 e. The fourth-order valence-electron chi connectivity index (χ4n) is 2.09. The number of nitrogens with two attached hydrogens (primary N) is 1. The molecule has 2 aromatic rings. The van der Waals surface area contributed by atoms with E-state index in [2.05, 4.69) is 24.0 Å². The molecule has 0 saturated carbocycles. The van der Waals surface area contributed by atoms with Crippen LogP contribution in [0.4, 0.5) is 10.1 Å². The van der Waals surface area contributed by atoms with E-state index in [9.17, 15) is 4.39 Å². The molecule has 0 radical (unpaired) electrons. The van der Waals surface area contributed by atoms with Crippen molar-refractivity contribution in [3.8, 4) is 0 Å². The van der Waals surface area contributed by atoms with E-state index in [1.165, 1.54) is 5.56 Å². The highest BCUT2D eigenvalue weighted by molar-refractivity contribution is 5.48. The summed E-state index contributed by atoms with van der Waals surface area (Å²) in [6.45, 7) is 3.91. The Morgan fingerprint density at radius 3 is 2.42 bits per heavy atom. The average Bonchev–Trinajstić information content (AvgIpc) is 2.46. The molecule has 2 aromatic carbocycles. The second kappa shape index (κ2) is 6.34. The summed E-state index contributed by atoms with van der Waals surface area (Å²) in [6.07, 6.45) is 0. The Labute approximate surface area is 113 Å². The molecule has 0 bridgehead atoms. The first-order valence-electron chi connectivity index (χ1n) is 6.52. The molecule has 0 saturated heterocycles. The standard InChI is InChI=1S/C16H19FN2/c1-2-19(12-13-6-4-3-5-7-13)15-9-8-14(11-18)16(17)10-15/h3-10H,2,11-12,18H2,1H3. The monoisotopic (exact) mass is 258 g/mol. The lowest BCUT2D eigenvalue weighted by Gasteiger charge is -2.23. The third-order valence-electron chi connectivity index (χ3n) is 3.22. The first-order chi connectivity index (χ1) is 9.24. The molecule has 100 valence electrons. The summed E-state index contributed by atoms with van der Waals surface area (Å²) in [7, 11) is 0. The van der Waals surface area contributed by atoms with Crippen molar-refractivity contribution in [2.75, 3.05) is 11.4 Å². The number of hydrogen-bond acceptors (Lipinski definition) is 2. The van der Waals surface area contributed by atoms with Gasteiger partial charge < -0.3 is 10.6 Å². The van der Waals surface area contributed by atoms with Gasteiger partial charge >= 0.3 is 0 Å². The van der Waals surface area contributed by atoms with E-state index >= 15 is 0 Å². The Kier molecular flexibility index (Phi) is 4.53. The van der Waals surface area contributed by atoms with Gasteiger partial charge in [-0.15, -0.1) is 0 Å². The quantitative estimate of drug-likeness (QED) is 0.891. The molecule has 0 amide bonds. The molecule has 2 nitrogen and oxygen atoms in total. The Morgan fingerprint density at radius 2 is 1.84 bits per heavy atom. The molecule has 2 N–H and O–H groups in total. The molecule has 0 aliphatic heterocycles. The highest BCUT2D eigenvalue weighted by Crippen LogP contribution is 2.20. The number of halogens is 1. The van der Waals surface area contributed by atoms with Crippen molar-refractivity contribution in [1.82, 2.24) is 0 Å². The fourth-order valence-corrected chi connectivity index (χ4v) is 2.09. The zero-order chi connectivity index (χ0) is 13.7. The molecule has 0 spiro atoms. The number of anilines is 1. The lowest BCUT2D eigenvalue weighted by atomic mass is 10.1. The summed E-state index contributed by atoms with van der Waals surface area (Å²) < 4.78 is 13.8. The van der Waals surface area contributed by atoms with Crippen LogP contribution in [0.15, 0.2) is 48.5 Å². The van der Waals surface area contributed by atoms with Gasteiger partial charge in [0.25, 0.3) is 0 Å². The Bertz CT molecular complexity index is 526. The molecule has 2 rings (SSSR count). The summed E-state index contributed by atoms with van der Waals surface area (Å²) in [6, 6.07) is 15.4. The molecule has 0 atom stereocenters. The maximum absolute atomic E-state index is 13.8. The Balaban J connectivity index is 2.20. The summed E-state index contributed by atoms with van der Waals surface area (Å²) in [5.41, 5.74) is 8.14. The lowest BCUT2D eigenvalue weighted by Crippen LogP contribution is -2.22. The van der Waals surface area contributed by atoms with Crippen LogP contribution in [-0.4, -0.2) is 6.54 Å². The SMILES string of the molecule is CCN(Cc1ccccc1)c1ccc(CN)c(F)c1. The summed E-state index contributed by atoms with van der Waals surface area (Å²) in [4.78, 5) is 2.14. The van der Waals surface area contributed by atoms with Crippen LogP contribution < -0.4 is 10.6 Å². The molecular formula is C16H19FN2. The van der Waals surface area contributed by atoms with E-state index in [1.54, 1.807) is 12.1 Å². The van der Waals surface area contributed by atoms with Crippen LogP contribution in [0.1, 0.15) is 18.1 Å². The molecule has 0 aliphatic rings. The molecule has 0 heterocycles. The molecule has 0 fully saturated rings. The normalized spacial score (nSPS) is 10.5. The number of nitrogens with zero attached hydrogens (tertiary/aromatic N) is 1. The van der Waals surface area contributed by atoms with Crippen LogP contribution in [0, 0.1) is 5.82 Å². The van der Waals surface area contributed by atoms with Crippen molar-refractivity contribution in [2.45, 2.75) is 20.0 Å². The second-order valence-corrected chi connectivity index (χ2v) is 4.48. The van der Waals surface area contributed by atoms with Crippen LogP contribution in [0.25, 0.3) is 0 Å². The molecule has 0 aromatic heterocycles. The van der Waals surface area contributed by atoms with Crippen molar-refractivity contribution in [1.29, 1.82) is 0 Å². The Morgan fingerprint density at radius 1 is 1.11 bits per heavy atom. The molecule has 19 heavy (non-hydrogen) atoms. The largest absolute Gasteiger partial charge is 0.367 e. The number of hydrogen-bond donors (Lipinski definition) is 1. The van der Waals surface area contributed by atoms with Crippen molar-refractivity contribution >= 4 is 5.69 Å². The van der Waals surface area contributed by atoms with Gasteiger partial charge in [-0.05, 0) is 24.6 Å². The van der Waals surface area contributed by atoms with Gasteiger partial charge in [0.15, 0.2) is 0 Å². The zero-order valence-corrected chi connectivity index (χ0v) is 11.1. The molecule has 0 aliphatic carbocycles. The van der Waals surface area contributed by atoms with Gasteiger partial charge in [-0.25, -0.2) is 4.39 Å². The van der Waals surface area contributed by atoms with Gasteiger partial charge in [-0.3, -0.25) is 0 Å². The lowest BCUT2D eigenvalue weighted by molar-refractivity contribution is 0.609. The minimum atomic E-state index is -0.230. The van der Waals surface area contributed by atoms with Gasteiger partial charge in [0.05, 0.1) is 0 Å². The predicted molar refractivity (Wildman–Crippen MR) is 77.5 cm³/mol. The summed E-state index contributed by atoms with van der Waals surface area (Å²) >= 11 is 0. The van der Waals surface area contributed by atoms with E-state index in [0.717, 1.165) is 18.8 Å². The zero-order valence-electron chi connectivity index (χ0n) is 11.1. The first kappa shape index (κ1) is 13.6. The van der Waals surface area contributed by atoms with Crippen molar-refractivity contribution in [2.24, 2.45) is 5.73 Å². The molecule has 3 heteroatoms. The minimum Gasteiger partial charge on any atom is -0.367 e. The van der Waals surface area contributed by atoms with Crippen LogP contribution in [0.5, 0.6) is 0 Å². The minimum absolute atomic E-state index is 0.230. The van der Waals surface area contributed by atoms with Crippen molar-refractivity contribution in [3.05, 3.63) is 65.5 Å². The highest BCUT2D eigenvalue weighted by Gasteiger charge is 2.08.